The van der Waals surface area contributed by atoms with Gasteiger partial charge in [0.25, 0.3) is 0 Å². The Labute approximate surface area is 124 Å². The summed E-state index contributed by atoms with van der Waals surface area (Å²) in [5.41, 5.74) is 0. The summed E-state index contributed by atoms with van der Waals surface area (Å²) in [6, 6.07) is 0. The summed E-state index contributed by atoms with van der Waals surface area (Å²) in [6.45, 7) is 2.07. The molecule has 2 aliphatic rings. The number of carbonyl (C=O) groups excluding carboxylic acids is 1. The smallest absolute Gasteiger partial charge is 0.287 e. The van der Waals surface area contributed by atoms with Crippen LogP contribution in [0.5, 0.6) is 0 Å². The Morgan fingerprint density at radius 2 is 1.47 bits per heavy atom. The van der Waals surface area contributed by atoms with Gasteiger partial charge in [0, 0.05) is 5.75 Å². The zero-order valence-electron chi connectivity index (χ0n) is 9.78. The molecule has 2 saturated carbocycles. The van der Waals surface area contributed by atoms with Crippen molar-refractivity contribution in [2.75, 3.05) is 5.75 Å². The molecule has 90 valence electrons. The SMILES string of the molecule is CCCSC(=O)[C]1[CH][CH][CH][CH]1.[CH]1[CH][CH][CH][CH]1.[Ru+2]. The normalized spacial score (nSPS) is 19.4. The minimum atomic E-state index is 0. The Balaban J connectivity index is 0.000000360. The molecule has 0 unspecified atom stereocenters. The zero-order chi connectivity index (χ0) is 11.6. The number of carbonyl (C=O) groups is 1. The second kappa shape index (κ2) is 11.7. The first kappa shape index (κ1) is 17.6. The summed E-state index contributed by atoms with van der Waals surface area (Å²) in [5.74, 6) is 1.74. The molecule has 0 aliphatic heterocycles. The number of rotatable bonds is 3. The van der Waals surface area contributed by atoms with Crippen LogP contribution in [0.2, 0.25) is 0 Å². The van der Waals surface area contributed by atoms with Crippen molar-refractivity contribution in [3.63, 3.8) is 0 Å². The van der Waals surface area contributed by atoms with Crippen LogP contribution < -0.4 is 0 Å². The summed E-state index contributed by atoms with van der Waals surface area (Å²) in [4.78, 5) is 11.2. The minimum Gasteiger partial charge on any atom is -0.287 e. The van der Waals surface area contributed by atoms with Gasteiger partial charge < -0.3 is 0 Å². The van der Waals surface area contributed by atoms with E-state index in [2.05, 4.69) is 6.92 Å². The van der Waals surface area contributed by atoms with Gasteiger partial charge in [0.05, 0.1) is 5.92 Å². The number of hydrogen-bond donors (Lipinski definition) is 0. The standard InChI is InChI=1S/C9H11OS.C5H5.Ru/c1-2-7-11-9(10)8-5-3-4-6-8;1-2-4-5-3-1;/h3-6H,2,7H2,1H3;1-5H;/q;;+2. The first-order valence-electron chi connectivity index (χ1n) is 5.40. The van der Waals surface area contributed by atoms with Crippen LogP contribution in [0.3, 0.4) is 0 Å². The van der Waals surface area contributed by atoms with Gasteiger partial charge in [0.15, 0.2) is 5.12 Å². The average Bonchev–Trinajstić information content (AvgIpc) is 2.98. The van der Waals surface area contributed by atoms with Crippen LogP contribution in [0.25, 0.3) is 0 Å². The van der Waals surface area contributed by atoms with Crippen LogP contribution in [-0.4, -0.2) is 10.9 Å². The van der Waals surface area contributed by atoms with E-state index in [0.717, 1.165) is 18.1 Å². The molecule has 0 spiro atoms. The van der Waals surface area contributed by atoms with Gasteiger partial charge in [-0.3, -0.25) is 4.79 Å². The molecule has 0 bridgehead atoms. The molecule has 3 heteroatoms. The van der Waals surface area contributed by atoms with Gasteiger partial charge in [0.2, 0.25) is 0 Å². The largest absolute Gasteiger partial charge is 2.00 e. The van der Waals surface area contributed by atoms with Crippen LogP contribution in [-0.2, 0) is 24.3 Å². The Morgan fingerprint density at radius 1 is 1.00 bits per heavy atom. The molecule has 2 aliphatic carbocycles. The monoisotopic (exact) mass is 334 g/mol. The summed E-state index contributed by atoms with van der Waals surface area (Å²) in [5, 5.41) is 0.192. The first-order chi connectivity index (χ1) is 7.84. The van der Waals surface area contributed by atoms with Gasteiger partial charge >= 0.3 is 19.5 Å². The molecule has 0 N–H and O–H groups in total. The maximum absolute atomic E-state index is 11.2. The first-order valence-corrected chi connectivity index (χ1v) is 6.38. The van der Waals surface area contributed by atoms with Crippen molar-refractivity contribution in [2.24, 2.45) is 0 Å². The molecule has 1 nitrogen and oxygen atoms in total. The third-order valence-electron chi connectivity index (χ3n) is 1.89. The molecule has 2 fully saturated rings. The van der Waals surface area contributed by atoms with Crippen molar-refractivity contribution < 1.29 is 24.3 Å². The predicted octanol–water partition coefficient (Wildman–Crippen LogP) is 3.08. The summed E-state index contributed by atoms with van der Waals surface area (Å²) < 4.78 is 0. The van der Waals surface area contributed by atoms with E-state index in [4.69, 9.17) is 0 Å². The van der Waals surface area contributed by atoms with Gasteiger partial charge in [-0.1, -0.05) is 18.7 Å². The van der Waals surface area contributed by atoms with Crippen molar-refractivity contribution in [1.29, 1.82) is 0 Å². The molecular weight excluding hydrogens is 317 g/mol. The van der Waals surface area contributed by atoms with Gasteiger partial charge in [0.1, 0.15) is 0 Å². The Bertz CT molecular complexity index is 179. The third-order valence-corrected chi connectivity index (χ3v) is 3.00. The molecule has 0 aromatic heterocycles. The van der Waals surface area contributed by atoms with E-state index >= 15 is 0 Å². The zero-order valence-corrected chi connectivity index (χ0v) is 12.3. The van der Waals surface area contributed by atoms with Crippen molar-refractivity contribution in [1.82, 2.24) is 0 Å². The maximum atomic E-state index is 11.2. The van der Waals surface area contributed by atoms with Gasteiger partial charge in [-0.15, -0.1) is 0 Å². The van der Waals surface area contributed by atoms with E-state index < -0.39 is 0 Å². The minimum absolute atomic E-state index is 0. The average molecular weight is 333 g/mol. The maximum Gasteiger partial charge on any atom is 2.00 e. The molecule has 2 rings (SSSR count). The molecule has 17 heavy (non-hydrogen) atoms. The van der Waals surface area contributed by atoms with Crippen LogP contribution in [0.4, 0.5) is 0 Å². The number of hydrogen-bond acceptors (Lipinski definition) is 2. The van der Waals surface area contributed by atoms with Crippen molar-refractivity contribution in [3.05, 3.63) is 63.7 Å². The van der Waals surface area contributed by atoms with E-state index in [0.29, 0.717) is 0 Å². The molecule has 0 aromatic carbocycles. The second-order valence-corrected chi connectivity index (χ2v) is 4.34. The van der Waals surface area contributed by atoms with Gasteiger partial charge in [-0.25, -0.2) is 0 Å². The fraction of sp³-hybridized carbons (Fsp3) is 0.214. The third kappa shape index (κ3) is 8.37. The fourth-order valence-electron chi connectivity index (χ4n) is 1.11. The van der Waals surface area contributed by atoms with Crippen molar-refractivity contribution >= 4 is 16.9 Å². The fourth-order valence-corrected chi connectivity index (χ4v) is 1.80. The quantitative estimate of drug-likeness (QED) is 0.739. The molecule has 0 atom stereocenters. The summed E-state index contributed by atoms with van der Waals surface area (Å²) in [6.07, 6.45) is 18.5. The van der Waals surface area contributed by atoms with E-state index in [1.165, 1.54) is 11.8 Å². The van der Waals surface area contributed by atoms with Gasteiger partial charge in [-0.05, 0) is 64.2 Å². The van der Waals surface area contributed by atoms with Crippen LogP contribution >= 0.6 is 11.8 Å². The van der Waals surface area contributed by atoms with Crippen LogP contribution in [0.15, 0.2) is 0 Å². The Morgan fingerprint density at radius 3 is 1.88 bits per heavy atom. The molecular formula is C14H16ORuS+2. The van der Waals surface area contributed by atoms with Gasteiger partial charge in [-0.2, -0.15) is 0 Å². The van der Waals surface area contributed by atoms with Crippen LogP contribution in [0.1, 0.15) is 13.3 Å². The van der Waals surface area contributed by atoms with E-state index in [1.807, 2.05) is 57.8 Å². The Hall–Kier alpha value is 0.643. The Kier molecular flexibility index (Phi) is 12.2. The molecule has 0 amide bonds. The van der Waals surface area contributed by atoms with E-state index in [-0.39, 0.29) is 24.6 Å². The van der Waals surface area contributed by atoms with E-state index in [9.17, 15) is 4.79 Å². The molecule has 0 heterocycles. The predicted molar refractivity (Wildman–Crippen MR) is 69.7 cm³/mol. The molecule has 0 saturated heterocycles. The van der Waals surface area contributed by atoms with Crippen molar-refractivity contribution in [3.8, 4) is 0 Å². The van der Waals surface area contributed by atoms with Crippen molar-refractivity contribution in [2.45, 2.75) is 13.3 Å². The second-order valence-electron chi connectivity index (χ2n) is 3.27. The van der Waals surface area contributed by atoms with Crippen LogP contribution in [0, 0.1) is 63.7 Å². The molecule has 10 radical (unpaired) electrons. The topological polar surface area (TPSA) is 17.1 Å². The number of thioether (sulfide) groups is 1. The molecule has 0 aromatic rings. The summed E-state index contributed by atoms with van der Waals surface area (Å²) in [7, 11) is 0. The van der Waals surface area contributed by atoms with E-state index in [1.54, 1.807) is 0 Å². The summed E-state index contributed by atoms with van der Waals surface area (Å²) >= 11 is 1.40.